The smallest absolute Gasteiger partial charge is 0.328 e. The summed E-state index contributed by atoms with van der Waals surface area (Å²) in [6.07, 6.45) is 3.24. The molecular formula is C21H22N2O7S. The summed E-state index contributed by atoms with van der Waals surface area (Å²) in [4.78, 5) is 24.3. The maximum Gasteiger partial charge on any atom is 0.328 e. The molecule has 1 aliphatic heterocycles. The van der Waals surface area contributed by atoms with Crippen LogP contribution >= 0.6 is 0 Å². The zero-order valence-electron chi connectivity index (χ0n) is 17.0. The SMILES string of the molecule is COc1cc(C=CC(=O)O)cc(S(=O)(=O)Nc2ccccc2N2CCCC2=O)c1OC. The van der Waals surface area contributed by atoms with Crippen molar-refractivity contribution in [2.24, 2.45) is 0 Å². The summed E-state index contributed by atoms with van der Waals surface area (Å²) in [5.74, 6) is -1.16. The summed E-state index contributed by atoms with van der Waals surface area (Å²) in [5.41, 5.74) is 0.995. The minimum Gasteiger partial charge on any atom is -0.493 e. The zero-order chi connectivity index (χ0) is 22.6. The molecule has 1 heterocycles. The first-order valence-corrected chi connectivity index (χ1v) is 10.8. The van der Waals surface area contributed by atoms with E-state index in [2.05, 4.69) is 4.72 Å². The van der Waals surface area contributed by atoms with Crippen LogP contribution in [0, 0.1) is 0 Å². The molecule has 164 valence electrons. The van der Waals surface area contributed by atoms with Crippen LogP contribution in [0.1, 0.15) is 18.4 Å². The monoisotopic (exact) mass is 446 g/mol. The van der Waals surface area contributed by atoms with Crippen molar-refractivity contribution in [2.75, 3.05) is 30.4 Å². The first kappa shape index (κ1) is 22.2. The van der Waals surface area contributed by atoms with Gasteiger partial charge in [0.25, 0.3) is 10.0 Å². The van der Waals surface area contributed by atoms with E-state index in [0.29, 0.717) is 30.6 Å². The maximum atomic E-state index is 13.3. The van der Waals surface area contributed by atoms with Gasteiger partial charge in [-0.25, -0.2) is 13.2 Å². The van der Waals surface area contributed by atoms with Crippen molar-refractivity contribution in [1.82, 2.24) is 0 Å². The predicted octanol–water partition coefficient (Wildman–Crippen LogP) is 2.73. The van der Waals surface area contributed by atoms with Gasteiger partial charge in [-0.05, 0) is 42.3 Å². The Morgan fingerprint density at radius 1 is 1.19 bits per heavy atom. The van der Waals surface area contributed by atoms with Gasteiger partial charge in [0.05, 0.1) is 25.6 Å². The number of methoxy groups -OCH3 is 2. The van der Waals surface area contributed by atoms with Gasteiger partial charge in [-0.1, -0.05) is 12.1 Å². The van der Waals surface area contributed by atoms with Crippen molar-refractivity contribution in [1.29, 1.82) is 0 Å². The van der Waals surface area contributed by atoms with E-state index in [-0.39, 0.29) is 28.0 Å². The third kappa shape index (κ3) is 4.80. The van der Waals surface area contributed by atoms with Crippen LogP contribution in [0.2, 0.25) is 0 Å². The van der Waals surface area contributed by atoms with Gasteiger partial charge in [0.15, 0.2) is 11.5 Å². The van der Waals surface area contributed by atoms with Gasteiger partial charge in [0.1, 0.15) is 4.90 Å². The molecule has 3 rings (SSSR count). The lowest BCUT2D eigenvalue weighted by Gasteiger charge is -2.21. The van der Waals surface area contributed by atoms with E-state index in [1.165, 1.54) is 32.4 Å². The third-order valence-corrected chi connectivity index (χ3v) is 6.06. The van der Waals surface area contributed by atoms with Crippen LogP contribution in [0.4, 0.5) is 11.4 Å². The van der Waals surface area contributed by atoms with E-state index < -0.39 is 16.0 Å². The van der Waals surface area contributed by atoms with E-state index in [1.807, 2.05) is 0 Å². The van der Waals surface area contributed by atoms with Crippen LogP contribution in [0.3, 0.4) is 0 Å². The fourth-order valence-electron chi connectivity index (χ4n) is 3.31. The van der Waals surface area contributed by atoms with Crippen molar-refractivity contribution >= 4 is 39.4 Å². The number of para-hydroxylation sites is 2. The van der Waals surface area contributed by atoms with Gasteiger partial charge in [-0.3, -0.25) is 9.52 Å². The number of aliphatic carboxylic acids is 1. The quantitative estimate of drug-likeness (QED) is 0.598. The summed E-state index contributed by atoms with van der Waals surface area (Å²) in [7, 11) is -1.54. The van der Waals surface area contributed by atoms with E-state index >= 15 is 0 Å². The van der Waals surface area contributed by atoms with Crippen molar-refractivity contribution in [3.05, 3.63) is 48.0 Å². The maximum absolute atomic E-state index is 13.3. The highest BCUT2D eigenvalue weighted by Gasteiger charge is 2.28. The average molecular weight is 446 g/mol. The molecule has 2 aromatic rings. The number of ether oxygens (including phenoxy) is 2. The molecule has 10 heteroatoms. The summed E-state index contributed by atoms with van der Waals surface area (Å²) in [6.45, 7) is 0.504. The van der Waals surface area contributed by atoms with Gasteiger partial charge >= 0.3 is 5.97 Å². The molecule has 1 fully saturated rings. The molecule has 9 nitrogen and oxygen atoms in total. The number of amides is 1. The largest absolute Gasteiger partial charge is 0.493 e. The number of benzene rings is 2. The summed E-state index contributed by atoms with van der Waals surface area (Å²) >= 11 is 0. The Hall–Kier alpha value is -3.53. The standard InChI is InChI=1S/C21H22N2O7S/c1-29-17-12-14(9-10-20(25)26)13-18(21(17)30-2)31(27,28)22-15-6-3-4-7-16(15)23-11-5-8-19(23)24/h3-4,6-7,9-10,12-13,22H,5,8,11H2,1-2H3,(H,25,26). The molecule has 0 aromatic heterocycles. The highest BCUT2D eigenvalue weighted by atomic mass is 32.2. The van der Waals surface area contributed by atoms with Gasteiger partial charge < -0.3 is 19.5 Å². The van der Waals surface area contributed by atoms with E-state index in [9.17, 15) is 18.0 Å². The van der Waals surface area contributed by atoms with Crippen LogP contribution in [0.25, 0.3) is 6.08 Å². The topological polar surface area (TPSA) is 122 Å². The molecule has 2 N–H and O–H groups in total. The van der Waals surface area contributed by atoms with Crippen molar-refractivity contribution in [2.45, 2.75) is 17.7 Å². The number of rotatable bonds is 8. The van der Waals surface area contributed by atoms with Gasteiger partial charge in [-0.2, -0.15) is 0 Å². The van der Waals surface area contributed by atoms with E-state index in [1.54, 1.807) is 29.2 Å². The minimum absolute atomic E-state index is 0.0304. The molecule has 0 bridgehead atoms. The van der Waals surface area contributed by atoms with Crippen molar-refractivity contribution in [3.63, 3.8) is 0 Å². The number of carbonyl (C=O) groups excluding carboxylic acids is 1. The number of carboxylic acids is 1. The van der Waals surface area contributed by atoms with Gasteiger partial charge in [0, 0.05) is 19.0 Å². The number of sulfonamides is 1. The van der Waals surface area contributed by atoms with Gasteiger partial charge in [0.2, 0.25) is 5.91 Å². The highest BCUT2D eigenvalue weighted by Crippen LogP contribution is 2.38. The summed E-state index contributed by atoms with van der Waals surface area (Å²) < 4.78 is 39.6. The summed E-state index contributed by atoms with van der Waals surface area (Å²) in [5, 5.41) is 8.88. The van der Waals surface area contributed by atoms with Crippen LogP contribution in [0.15, 0.2) is 47.4 Å². The van der Waals surface area contributed by atoms with Crippen LogP contribution < -0.4 is 19.1 Å². The first-order chi connectivity index (χ1) is 14.8. The molecule has 1 saturated heterocycles. The lowest BCUT2D eigenvalue weighted by atomic mass is 10.2. The predicted molar refractivity (Wildman–Crippen MR) is 115 cm³/mol. The number of nitrogens with one attached hydrogen (secondary N) is 1. The molecule has 2 aromatic carbocycles. The second kappa shape index (κ2) is 9.09. The van der Waals surface area contributed by atoms with Crippen LogP contribution in [-0.2, 0) is 19.6 Å². The Morgan fingerprint density at radius 3 is 2.55 bits per heavy atom. The number of hydrogen-bond acceptors (Lipinski definition) is 6. The number of anilines is 2. The average Bonchev–Trinajstić information content (AvgIpc) is 3.17. The Balaban J connectivity index is 2.07. The Bertz CT molecular complexity index is 1140. The Morgan fingerprint density at radius 2 is 1.94 bits per heavy atom. The fourth-order valence-corrected chi connectivity index (χ4v) is 4.60. The molecule has 0 unspecified atom stereocenters. The molecule has 0 radical (unpaired) electrons. The first-order valence-electron chi connectivity index (χ1n) is 9.36. The van der Waals surface area contributed by atoms with Crippen LogP contribution in [0.5, 0.6) is 11.5 Å². The molecule has 1 aliphatic rings. The number of hydrogen-bond donors (Lipinski definition) is 2. The Labute approximate surface area is 179 Å². The molecule has 0 spiro atoms. The second-order valence-corrected chi connectivity index (χ2v) is 8.35. The third-order valence-electron chi connectivity index (χ3n) is 4.69. The van der Waals surface area contributed by atoms with E-state index in [0.717, 1.165) is 6.08 Å². The van der Waals surface area contributed by atoms with E-state index in [4.69, 9.17) is 14.6 Å². The molecular weight excluding hydrogens is 424 g/mol. The van der Waals surface area contributed by atoms with Crippen LogP contribution in [-0.4, -0.2) is 46.2 Å². The van der Waals surface area contributed by atoms with Crippen molar-refractivity contribution in [3.8, 4) is 11.5 Å². The highest BCUT2D eigenvalue weighted by molar-refractivity contribution is 7.92. The molecule has 31 heavy (non-hydrogen) atoms. The second-order valence-electron chi connectivity index (χ2n) is 6.70. The normalized spacial score (nSPS) is 14.1. The lowest BCUT2D eigenvalue weighted by molar-refractivity contribution is -0.131. The Kier molecular flexibility index (Phi) is 6.50. The molecule has 1 amide bonds. The van der Waals surface area contributed by atoms with Gasteiger partial charge in [-0.15, -0.1) is 0 Å². The fraction of sp³-hybridized carbons (Fsp3) is 0.238. The molecule has 0 aliphatic carbocycles. The number of carbonyl (C=O) groups is 2. The lowest BCUT2D eigenvalue weighted by Crippen LogP contribution is -2.25. The minimum atomic E-state index is -4.19. The zero-order valence-corrected chi connectivity index (χ0v) is 17.8. The number of carboxylic acid groups (broad SMARTS) is 1. The molecule has 0 atom stereocenters. The number of nitrogens with zero attached hydrogens (tertiary/aromatic N) is 1. The summed E-state index contributed by atoms with van der Waals surface area (Å²) in [6, 6.07) is 9.37. The molecule has 0 saturated carbocycles. The van der Waals surface area contributed by atoms with Crippen molar-refractivity contribution < 1.29 is 32.6 Å².